The normalized spacial score (nSPS) is 12.8. The molecule has 0 aromatic heterocycles. The van der Waals surface area contributed by atoms with Crippen molar-refractivity contribution in [1.82, 2.24) is 5.32 Å². The average Bonchev–Trinajstić information content (AvgIpc) is 3.23. The molecular weight excluding hydrogens is 511 g/mol. The molecular formula is C30H22F3NO5. The number of amides is 1. The van der Waals surface area contributed by atoms with E-state index in [1.807, 2.05) is 48.5 Å². The summed E-state index contributed by atoms with van der Waals surface area (Å²) in [6.45, 7) is -0.0234. The van der Waals surface area contributed by atoms with Crippen molar-refractivity contribution >= 4 is 12.1 Å². The first-order chi connectivity index (χ1) is 18.8. The highest BCUT2D eigenvalue weighted by Gasteiger charge is 2.30. The molecule has 5 rings (SSSR count). The van der Waals surface area contributed by atoms with Gasteiger partial charge in [-0.2, -0.15) is 0 Å². The van der Waals surface area contributed by atoms with E-state index in [0.717, 1.165) is 46.5 Å². The van der Waals surface area contributed by atoms with Crippen LogP contribution < -0.4 is 10.1 Å². The number of carboxylic acid groups (broad SMARTS) is 1. The summed E-state index contributed by atoms with van der Waals surface area (Å²) < 4.78 is 52.3. The zero-order valence-corrected chi connectivity index (χ0v) is 20.4. The minimum absolute atomic E-state index is 0.0234. The molecule has 0 heterocycles. The first-order valence-corrected chi connectivity index (χ1v) is 12.1. The lowest BCUT2D eigenvalue weighted by Crippen LogP contribution is -2.43. The molecule has 1 atom stereocenters. The van der Waals surface area contributed by atoms with Gasteiger partial charge in [-0.05, 0) is 52.6 Å². The van der Waals surface area contributed by atoms with Crippen molar-refractivity contribution < 1.29 is 37.3 Å². The fraction of sp³-hybridized carbons (Fsp3) is 0.133. The standard InChI is InChI=1S/C30H22F3NO5/c31-18-9-11-27(39-28-12-10-19(32)15-25(28)33)17(13-18)14-26(29(35)36)34-30(37)38-16-24-22-7-3-1-5-20(22)21-6-2-4-8-23(21)24/h1-13,15,24,26H,14,16H2,(H,34,37)(H,35,36). The predicted molar refractivity (Wildman–Crippen MR) is 136 cm³/mol. The molecule has 1 aliphatic rings. The van der Waals surface area contributed by atoms with Gasteiger partial charge in [0.05, 0.1) is 0 Å². The molecule has 0 saturated carbocycles. The maximum atomic E-state index is 14.1. The van der Waals surface area contributed by atoms with Crippen LogP contribution in [0.1, 0.15) is 22.6 Å². The molecule has 1 unspecified atom stereocenters. The Morgan fingerprint density at radius 2 is 1.41 bits per heavy atom. The Morgan fingerprint density at radius 1 is 0.821 bits per heavy atom. The molecule has 0 saturated heterocycles. The average molecular weight is 534 g/mol. The van der Waals surface area contributed by atoms with E-state index >= 15 is 0 Å². The molecule has 39 heavy (non-hydrogen) atoms. The summed E-state index contributed by atoms with van der Waals surface area (Å²) in [5.41, 5.74) is 4.13. The van der Waals surface area contributed by atoms with E-state index in [1.165, 1.54) is 6.07 Å². The van der Waals surface area contributed by atoms with Gasteiger partial charge >= 0.3 is 12.1 Å². The van der Waals surface area contributed by atoms with Gasteiger partial charge in [-0.15, -0.1) is 0 Å². The number of nitrogens with one attached hydrogen (secondary N) is 1. The summed E-state index contributed by atoms with van der Waals surface area (Å²) >= 11 is 0. The fourth-order valence-corrected chi connectivity index (χ4v) is 4.69. The minimum Gasteiger partial charge on any atom is -0.480 e. The van der Waals surface area contributed by atoms with Crippen molar-refractivity contribution in [2.45, 2.75) is 18.4 Å². The molecule has 4 aromatic rings. The number of ether oxygens (including phenoxy) is 2. The number of halogens is 3. The summed E-state index contributed by atoms with van der Waals surface area (Å²) in [6.07, 6.45) is -1.36. The largest absolute Gasteiger partial charge is 0.480 e. The third-order valence-corrected chi connectivity index (χ3v) is 6.49. The van der Waals surface area contributed by atoms with Gasteiger partial charge in [0.15, 0.2) is 11.6 Å². The summed E-state index contributed by atoms with van der Waals surface area (Å²) in [4.78, 5) is 24.6. The number of carboxylic acids is 1. The summed E-state index contributed by atoms with van der Waals surface area (Å²) in [5.74, 6) is -4.49. The van der Waals surface area contributed by atoms with Gasteiger partial charge in [0, 0.05) is 24.0 Å². The Labute approximate surface area is 221 Å². The van der Waals surface area contributed by atoms with Crippen LogP contribution in [-0.2, 0) is 16.0 Å². The molecule has 2 N–H and O–H groups in total. The van der Waals surface area contributed by atoms with E-state index in [-0.39, 0.29) is 29.6 Å². The lowest BCUT2D eigenvalue weighted by Gasteiger charge is -2.19. The van der Waals surface area contributed by atoms with Crippen molar-refractivity contribution in [3.63, 3.8) is 0 Å². The molecule has 1 amide bonds. The van der Waals surface area contributed by atoms with Crippen LogP contribution in [0.3, 0.4) is 0 Å². The third kappa shape index (κ3) is 5.57. The maximum Gasteiger partial charge on any atom is 0.407 e. The fourth-order valence-electron chi connectivity index (χ4n) is 4.69. The van der Waals surface area contributed by atoms with Crippen molar-refractivity contribution in [2.24, 2.45) is 0 Å². The molecule has 1 aliphatic carbocycles. The summed E-state index contributed by atoms with van der Waals surface area (Å²) in [5, 5.41) is 12.0. The van der Waals surface area contributed by atoms with E-state index in [0.29, 0.717) is 6.07 Å². The number of carbonyl (C=O) groups excluding carboxylic acids is 1. The molecule has 198 valence electrons. The van der Waals surface area contributed by atoms with Crippen LogP contribution in [0.4, 0.5) is 18.0 Å². The van der Waals surface area contributed by atoms with Crippen molar-refractivity contribution in [2.75, 3.05) is 6.61 Å². The van der Waals surface area contributed by atoms with Gasteiger partial charge in [0.1, 0.15) is 30.0 Å². The number of hydrogen-bond acceptors (Lipinski definition) is 4. The number of benzene rings is 4. The van der Waals surface area contributed by atoms with Crippen LogP contribution in [0.25, 0.3) is 11.1 Å². The van der Waals surface area contributed by atoms with E-state index in [2.05, 4.69) is 5.32 Å². The van der Waals surface area contributed by atoms with Crippen LogP contribution in [0.2, 0.25) is 0 Å². The Morgan fingerprint density at radius 3 is 2.03 bits per heavy atom. The number of aliphatic carboxylic acids is 1. The molecule has 6 nitrogen and oxygen atoms in total. The first-order valence-electron chi connectivity index (χ1n) is 12.1. The zero-order chi connectivity index (χ0) is 27.5. The third-order valence-electron chi connectivity index (χ3n) is 6.49. The molecule has 0 bridgehead atoms. The number of carbonyl (C=O) groups is 2. The van der Waals surface area contributed by atoms with Gasteiger partial charge in [-0.25, -0.2) is 22.8 Å². The number of rotatable bonds is 8. The molecule has 9 heteroatoms. The van der Waals surface area contributed by atoms with Gasteiger partial charge in [0.25, 0.3) is 0 Å². The molecule has 0 spiro atoms. The number of fused-ring (bicyclic) bond motifs is 3. The Bertz CT molecular complexity index is 1510. The van der Waals surface area contributed by atoms with E-state index in [4.69, 9.17) is 9.47 Å². The van der Waals surface area contributed by atoms with E-state index in [9.17, 15) is 27.9 Å². The highest BCUT2D eigenvalue weighted by Crippen LogP contribution is 2.44. The van der Waals surface area contributed by atoms with Crippen LogP contribution in [0.15, 0.2) is 84.9 Å². The Balaban J connectivity index is 1.29. The zero-order valence-electron chi connectivity index (χ0n) is 20.4. The van der Waals surface area contributed by atoms with E-state index < -0.39 is 42.0 Å². The first kappa shape index (κ1) is 25.8. The van der Waals surface area contributed by atoms with Gasteiger partial charge in [-0.1, -0.05) is 48.5 Å². The highest BCUT2D eigenvalue weighted by molar-refractivity contribution is 5.81. The summed E-state index contributed by atoms with van der Waals surface area (Å²) in [6, 6.07) is 20.0. The van der Waals surface area contributed by atoms with Crippen LogP contribution in [-0.4, -0.2) is 29.8 Å². The smallest absolute Gasteiger partial charge is 0.407 e. The van der Waals surface area contributed by atoms with Crippen molar-refractivity contribution in [3.8, 4) is 22.6 Å². The second kappa shape index (κ2) is 10.9. The van der Waals surface area contributed by atoms with Gasteiger partial charge in [0.2, 0.25) is 0 Å². The SMILES string of the molecule is O=C(NC(Cc1cc(F)ccc1Oc1ccc(F)cc1F)C(=O)O)OCC1c2ccccc2-c2ccccc21. The number of alkyl carbamates (subject to hydrolysis) is 1. The lowest BCUT2D eigenvalue weighted by atomic mass is 9.98. The molecule has 4 aromatic carbocycles. The topological polar surface area (TPSA) is 84.9 Å². The van der Waals surface area contributed by atoms with Gasteiger partial charge in [-0.3, -0.25) is 0 Å². The maximum absolute atomic E-state index is 14.1. The van der Waals surface area contributed by atoms with Gasteiger partial charge < -0.3 is 19.9 Å². The van der Waals surface area contributed by atoms with Crippen molar-refractivity contribution in [3.05, 3.63) is 119 Å². The van der Waals surface area contributed by atoms with Crippen LogP contribution in [0, 0.1) is 17.5 Å². The van der Waals surface area contributed by atoms with Crippen molar-refractivity contribution in [1.29, 1.82) is 0 Å². The Kier molecular flexibility index (Phi) is 7.23. The second-order valence-corrected chi connectivity index (χ2v) is 8.99. The highest BCUT2D eigenvalue weighted by atomic mass is 19.1. The molecule has 0 radical (unpaired) electrons. The Hall–Kier alpha value is -4.79. The number of hydrogen-bond donors (Lipinski definition) is 2. The molecule has 0 fully saturated rings. The second-order valence-electron chi connectivity index (χ2n) is 8.99. The monoisotopic (exact) mass is 533 g/mol. The van der Waals surface area contributed by atoms with Crippen LogP contribution in [0.5, 0.6) is 11.5 Å². The minimum atomic E-state index is -1.51. The summed E-state index contributed by atoms with van der Waals surface area (Å²) in [7, 11) is 0. The molecule has 0 aliphatic heterocycles. The van der Waals surface area contributed by atoms with Crippen LogP contribution >= 0.6 is 0 Å². The van der Waals surface area contributed by atoms with E-state index in [1.54, 1.807) is 0 Å². The predicted octanol–water partition coefficient (Wildman–Crippen LogP) is 6.43. The lowest BCUT2D eigenvalue weighted by molar-refractivity contribution is -0.139. The quantitative estimate of drug-likeness (QED) is 0.273.